The zero-order valence-electron chi connectivity index (χ0n) is 11.4. The Hall–Kier alpha value is -1.03. The van der Waals surface area contributed by atoms with Crippen LogP contribution in [0.5, 0.6) is 5.75 Å². The molecular formula is C16H16BrClO2. The molecule has 2 aromatic rings. The van der Waals surface area contributed by atoms with Crippen LogP contribution < -0.4 is 4.74 Å². The van der Waals surface area contributed by atoms with Gasteiger partial charge in [0.15, 0.2) is 0 Å². The molecule has 0 aliphatic carbocycles. The Morgan fingerprint density at radius 1 is 1.20 bits per heavy atom. The Labute approximate surface area is 132 Å². The number of halogens is 2. The normalized spacial score (nSPS) is 13.8. The highest BCUT2D eigenvalue weighted by Crippen LogP contribution is 2.31. The van der Waals surface area contributed by atoms with Gasteiger partial charge >= 0.3 is 0 Å². The van der Waals surface area contributed by atoms with Crippen molar-refractivity contribution in [2.75, 3.05) is 7.11 Å². The van der Waals surface area contributed by atoms with Crippen LogP contribution in [0.1, 0.15) is 18.1 Å². The molecule has 2 rings (SSSR count). The van der Waals surface area contributed by atoms with Gasteiger partial charge in [0.1, 0.15) is 5.75 Å². The van der Waals surface area contributed by atoms with E-state index in [2.05, 4.69) is 15.9 Å². The molecule has 0 bridgehead atoms. The minimum atomic E-state index is -0.973. The Morgan fingerprint density at radius 2 is 1.85 bits per heavy atom. The molecule has 0 spiro atoms. The van der Waals surface area contributed by atoms with Crippen LogP contribution in [0.25, 0.3) is 0 Å². The van der Waals surface area contributed by atoms with Crippen molar-refractivity contribution in [3.8, 4) is 5.75 Å². The van der Waals surface area contributed by atoms with E-state index in [1.165, 1.54) is 0 Å². The van der Waals surface area contributed by atoms with Crippen LogP contribution in [0.3, 0.4) is 0 Å². The number of rotatable bonds is 4. The quantitative estimate of drug-likeness (QED) is 0.871. The molecule has 0 saturated carbocycles. The maximum absolute atomic E-state index is 10.7. The van der Waals surface area contributed by atoms with Crippen molar-refractivity contribution in [3.05, 3.63) is 63.1 Å². The fourth-order valence-electron chi connectivity index (χ4n) is 2.10. The molecular weight excluding hydrogens is 340 g/mol. The first-order chi connectivity index (χ1) is 9.42. The van der Waals surface area contributed by atoms with Gasteiger partial charge in [-0.2, -0.15) is 0 Å². The number of hydrogen-bond acceptors (Lipinski definition) is 2. The molecule has 0 heterocycles. The molecule has 1 atom stereocenters. The van der Waals surface area contributed by atoms with Crippen LogP contribution in [0.4, 0.5) is 0 Å². The topological polar surface area (TPSA) is 29.5 Å². The molecule has 2 nitrogen and oxygen atoms in total. The number of methoxy groups -OCH3 is 1. The van der Waals surface area contributed by atoms with E-state index in [1.54, 1.807) is 26.2 Å². The summed E-state index contributed by atoms with van der Waals surface area (Å²) >= 11 is 9.39. The van der Waals surface area contributed by atoms with E-state index in [0.29, 0.717) is 11.4 Å². The molecule has 106 valence electrons. The maximum atomic E-state index is 10.7. The summed E-state index contributed by atoms with van der Waals surface area (Å²) in [5.74, 6) is 0.773. The lowest BCUT2D eigenvalue weighted by atomic mass is 9.89. The van der Waals surface area contributed by atoms with Gasteiger partial charge in [-0.15, -0.1) is 0 Å². The zero-order valence-corrected chi connectivity index (χ0v) is 13.7. The first-order valence-electron chi connectivity index (χ1n) is 6.23. The summed E-state index contributed by atoms with van der Waals surface area (Å²) in [7, 11) is 1.63. The van der Waals surface area contributed by atoms with Gasteiger partial charge in [0, 0.05) is 15.9 Å². The van der Waals surface area contributed by atoms with Gasteiger partial charge in [0.05, 0.1) is 12.7 Å². The van der Waals surface area contributed by atoms with Crippen molar-refractivity contribution in [1.29, 1.82) is 0 Å². The molecule has 0 aliphatic heterocycles. The van der Waals surface area contributed by atoms with Crippen LogP contribution in [-0.4, -0.2) is 12.2 Å². The molecule has 0 fully saturated rings. The largest absolute Gasteiger partial charge is 0.497 e. The van der Waals surface area contributed by atoms with Crippen LogP contribution in [-0.2, 0) is 12.0 Å². The van der Waals surface area contributed by atoms with Crippen molar-refractivity contribution in [1.82, 2.24) is 0 Å². The molecule has 0 amide bonds. The predicted molar refractivity (Wildman–Crippen MR) is 85.4 cm³/mol. The van der Waals surface area contributed by atoms with E-state index in [0.717, 1.165) is 21.3 Å². The Kier molecular flexibility index (Phi) is 4.74. The van der Waals surface area contributed by atoms with Gasteiger partial charge in [-0.25, -0.2) is 0 Å². The van der Waals surface area contributed by atoms with Gasteiger partial charge in [0.2, 0.25) is 0 Å². The van der Waals surface area contributed by atoms with E-state index in [-0.39, 0.29) is 0 Å². The van der Waals surface area contributed by atoms with Crippen LogP contribution in [0, 0.1) is 0 Å². The molecule has 20 heavy (non-hydrogen) atoms. The molecule has 1 N–H and O–H groups in total. The molecule has 0 saturated heterocycles. The fraction of sp³-hybridized carbons (Fsp3) is 0.250. The van der Waals surface area contributed by atoms with Crippen molar-refractivity contribution < 1.29 is 9.84 Å². The number of aliphatic hydroxyl groups is 1. The lowest BCUT2D eigenvalue weighted by Gasteiger charge is -2.25. The average molecular weight is 356 g/mol. The summed E-state index contributed by atoms with van der Waals surface area (Å²) in [6.45, 7) is 1.79. The third-order valence-corrected chi connectivity index (χ3v) is 4.28. The highest BCUT2D eigenvalue weighted by Gasteiger charge is 2.24. The summed E-state index contributed by atoms with van der Waals surface area (Å²) in [6, 6.07) is 13.0. The molecule has 4 heteroatoms. The third-order valence-electron chi connectivity index (χ3n) is 3.25. The van der Waals surface area contributed by atoms with Gasteiger partial charge in [-0.1, -0.05) is 39.7 Å². The monoisotopic (exact) mass is 354 g/mol. The maximum Gasteiger partial charge on any atom is 0.119 e. The summed E-state index contributed by atoms with van der Waals surface area (Å²) in [6.07, 6.45) is 0.479. The molecule has 0 radical (unpaired) electrons. The average Bonchev–Trinajstić information content (AvgIpc) is 2.41. The SMILES string of the molecule is COc1ccc(Br)c(CC(C)(O)c2ccc(Cl)cc2)c1. The minimum absolute atomic E-state index is 0.479. The fourth-order valence-corrected chi connectivity index (χ4v) is 2.61. The van der Waals surface area contributed by atoms with Crippen LogP contribution in [0.2, 0.25) is 5.02 Å². The number of ether oxygens (including phenoxy) is 1. The second kappa shape index (κ2) is 6.17. The Bertz CT molecular complexity index is 594. The second-order valence-corrected chi connectivity index (χ2v) is 6.21. The molecule has 1 unspecified atom stereocenters. The Balaban J connectivity index is 2.29. The van der Waals surface area contributed by atoms with Crippen LogP contribution >= 0.6 is 27.5 Å². The standard InChI is InChI=1S/C16H16BrClO2/c1-16(19,12-3-5-13(18)6-4-12)10-11-9-14(20-2)7-8-15(11)17/h3-9,19H,10H2,1-2H3. The van der Waals surface area contributed by atoms with E-state index < -0.39 is 5.60 Å². The summed E-state index contributed by atoms with van der Waals surface area (Å²) in [5, 5.41) is 11.4. The lowest BCUT2D eigenvalue weighted by molar-refractivity contribution is 0.0574. The molecule has 0 aromatic heterocycles. The number of benzene rings is 2. The second-order valence-electron chi connectivity index (χ2n) is 4.91. The van der Waals surface area contributed by atoms with Crippen molar-refractivity contribution in [3.63, 3.8) is 0 Å². The highest BCUT2D eigenvalue weighted by atomic mass is 79.9. The first-order valence-corrected chi connectivity index (χ1v) is 7.40. The zero-order chi connectivity index (χ0) is 14.8. The van der Waals surface area contributed by atoms with E-state index in [4.69, 9.17) is 16.3 Å². The van der Waals surface area contributed by atoms with Gasteiger partial charge in [0.25, 0.3) is 0 Å². The van der Waals surface area contributed by atoms with Crippen molar-refractivity contribution in [2.45, 2.75) is 18.9 Å². The highest BCUT2D eigenvalue weighted by molar-refractivity contribution is 9.10. The first kappa shape index (κ1) is 15.4. The number of hydrogen-bond donors (Lipinski definition) is 1. The van der Waals surface area contributed by atoms with Crippen LogP contribution in [0.15, 0.2) is 46.9 Å². The van der Waals surface area contributed by atoms with E-state index >= 15 is 0 Å². The van der Waals surface area contributed by atoms with Gasteiger partial charge < -0.3 is 9.84 Å². The summed E-state index contributed by atoms with van der Waals surface area (Å²) < 4.78 is 6.18. The minimum Gasteiger partial charge on any atom is -0.497 e. The van der Waals surface area contributed by atoms with Gasteiger partial charge in [-0.3, -0.25) is 0 Å². The van der Waals surface area contributed by atoms with E-state index in [9.17, 15) is 5.11 Å². The molecule has 2 aromatic carbocycles. The molecule has 0 aliphatic rings. The van der Waals surface area contributed by atoms with Crippen molar-refractivity contribution >= 4 is 27.5 Å². The van der Waals surface area contributed by atoms with E-state index in [1.807, 2.05) is 30.3 Å². The Morgan fingerprint density at radius 3 is 2.45 bits per heavy atom. The summed E-state index contributed by atoms with van der Waals surface area (Å²) in [5.41, 5.74) is 0.848. The lowest BCUT2D eigenvalue weighted by Crippen LogP contribution is -2.24. The van der Waals surface area contributed by atoms with Gasteiger partial charge in [-0.05, 0) is 48.4 Å². The van der Waals surface area contributed by atoms with Crippen molar-refractivity contribution in [2.24, 2.45) is 0 Å². The predicted octanol–water partition coefficient (Wildman–Crippen LogP) is 4.56. The third kappa shape index (κ3) is 3.54. The smallest absolute Gasteiger partial charge is 0.119 e. The summed E-state index contributed by atoms with van der Waals surface area (Å²) in [4.78, 5) is 0.